The average Bonchev–Trinajstić information content (AvgIpc) is 2.95. The first-order valence-corrected chi connectivity index (χ1v) is 7.72. The summed E-state index contributed by atoms with van der Waals surface area (Å²) in [4.78, 5) is 35.6. The van der Waals surface area contributed by atoms with E-state index in [1.165, 1.54) is 11.3 Å². The van der Waals surface area contributed by atoms with Crippen molar-refractivity contribution in [3.05, 3.63) is 29.7 Å². The van der Waals surface area contributed by atoms with Gasteiger partial charge >= 0.3 is 5.97 Å². The van der Waals surface area contributed by atoms with E-state index >= 15 is 0 Å². The molecule has 2 heterocycles. The fraction of sp³-hybridized carbons (Fsp3) is 0.357. The topological polar surface area (TPSA) is 105 Å². The number of thiazole rings is 1. The van der Waals surface area contributed by atoms with Gasteiger partial charge < -0.3 is 10.4 Å². The summed E-state index contributed by atoms with van der Waals surface area (Å²) in [5.41, 5.74) is 0.261. The first-order chi connectivity index (χ1) is 10.6. The van der Waals surface area contributed by atoms with Gasteiger partial charge in [-0.3, -0.25) is 19.6 Å². The van der Waals surface area contributed by atoms with Gasteiger partial charge in [0.25, 0.3) is 5.91 Å². The molecule has 1 fully saturated rings. The van der Waals surface area contributed by atoms with Gasteiger partial charge in [-0.15, -0.1) is 11.3 Å². The van der Waals surface area contributed by atoms with Gasteiger partial charge in [-0.25, -0.2) is 4.98 Å². The molecule has 0 unspecified atom stereocenters. The molecule has 1 amide bonds. The second-order valence-corrected chi connectivity index (χ2v) is 6.15. The van der Waals surface area contributed by atoms with Gasteiger partial charge in [-0.2, -0.15) is 0 Å². The molecule has 2 aromatic rings. The zero-order valence-electron chi connectivity index (χ0n) is 11.7. The number of carbonyl (C=O) groups excluding carboxylic acids is 1. The zero-order chi connectivity index (χ0) is 15.6. The molecule has 0 bridgehead atoms. The lowest BCUT2D eigenvalue weighted by atomic mass is 9.74. The van der Waals surface area contributed by atoms with Gasteiger partial charge in [0.05, 0.1) is 18.2 Å². The van der Waals surface area contributed by atoms with Gasteiger partial charge in [-0.1, -0.05) is 0 Å². The molecule has 7 nitrogen and oxygen atoms in total. The molecule has 0 aromatic carbocycles. The molecule has 1 aliphatic rings. The van der Waals surface area contributed by atoms with Crippen LogP contribution >= 0.6 is 11.3 Å². The summed E-state index contributed by atoms with van der Waals surface area (Å²) in [7, 11) is 0. The zero-order valence-corrected chi connectivity index (χ0v) is 12.5. The SMILES string of the molecule is O=C(O)CC1(NC(=O)c2csc(-c3cnccn3)n2)CCC1. The Labute approximate surface area is 130 Å². The van der Waals surface area contributed by atoms with Crippen LogP contribution < -0.4 is 5.32 Å². The molecule has 3 rings (SSSR count). The van der Waals surface area contributed by atoms with Crippen LogP contribution in [0.25, 0.3) is 10.7 Å². The first-order valence-electron chi connectivity index (χ1n) is 6.84. The predicted molar refractivity (Wildman–Crippen MR) is 79.4 cm³/mol. The highest BCUT2D eigenvalue weighted by molar-refractivity contribution is 7.13. The molecule has 114 valence electrons. The summed E-state index contributed by atoms with van der Waals surface area (Å²) in [5, 5.41) is 14.1. The number of carboxylic acid groups (broad SMARTS) is 1. The highest BCUT2D eigenvalue weighted by Crippen LogP contribution is 2.35. The summed E-state index contributed by atoms with van der Waals surface area (Å²) in [5.74, 6) is -1.24. The molecule has 8 heteroatoms. The van der Waals surface area contributed by atoms with Gasteiger partial charge in [0.15, 0.2) is 0 Å². The van der Waals surface area contributed by atoms with Crippen LogP contribution in [-0.2, 0) is 4.79 Å². The largest absolute Gasteiger partial charge is 0.481 e. The first kappa shape index (κ1) is 14.6. The van der Waals surface area contributed by atoms with Crippen molar-refractivity contribution >= 4 is 23.2 Å². The van der Waals surface area contributed by atoms with Gasteiger partial charge in [-0.05, 0) is 19.3 Å². The summed E-state index contributed by atoms with van der Waals surface area (Å²) in [6, 6.07) is 0. The third-order valence-electron chi connectivity index (χ3n) is 3.70. The van der Waals surface area contributed by atoms with E-state index in [1.54, 1.807) is 24.0 Å². The van der Waals surface area contributed by atoms with Crippen LogP contribution in [0, 0.1) is 0 Å². The Bertz CT molecular complexity index is 697. The predicted octanol–water partition coefficient (Wildman–Crippen LogP) is 1.73. The summed E-state index contributed by atoms with van der Waals surface area (Å²) < 4.78 is 0. The molecule has 0 atom stereocenters. The van der Waals surface area contributed by atoms with Crippen molar-refractivity contribution < 1.29 is 14.7 Å². The van der Waals surface area contributed by atoms with E-state index in [2.05, 4.69) is 20.3 Å². The minimum Gasteiger partial charge on any atom is -0.481 e. The van der Waals surface area contributed by atoms with Crippen LogP contribution in [0.4, 0.5) is 0 Å². The number of hydrogen-bond acceptors (Lipinski definition) is 6. The van der Waals surface area contributed by atoms with Crippen molar-refractivity contribution in [3.8, 4) is 10.7 Å². The van der Waals surface area contributed by atoms with E-state index in [0.717, 1.165) is 6.42 Å². The lowest BCUT2D eigenvalue weighted by Crippen LogP contribution is -2.54. The molecule has 0 spiro atoms. The fourth-order valence-corrected chi connectivity index (χ4v) is 3.21. The highest BCUT2D eigenvalue weighted by atomic mass is 32.1. The molecule has 2 N–H and O–H groups in total. The molecule has 0 saturated heterocycles. The Balaban J connectivity index is 1.73. The van der Waals surface area contributed by atoms with Crippen molar-refractivity contribution in [1.82, 2.24) is 20.3 Å². The maximum absolute atomic E-state index is 12.3. The lowest BCUT2D eigenvalue weighted by Gasteiger charge is -2.41. The number of aliphatic carboxylic acids is 1. The van der Waals surface area contributed by atoms with Crippen molar-refractivity contribution in [1.29, 1.82) is 0 Å². The van der Waals surface area contributed by atoms with Gasteiger partial charge in [0, 0.05) is 17.8 Å². The lowest BCUT2D eigenvalue weighted by molar-refractivity contribution is -0.139. The van der Waals surface area contributed by atoms with Crippen molar-refractivity contribution in [2.24, 2.45) is 0 Å². The molecule has 22 heavy (non-hydrogen) atoms. The normalized spacial score (nSPS) is 15.8. The molecular formula is C14H14N4O3S. The number of aromatic nitrogens is 3. The Kier molecular flexibility index (Phi) is 3.84. The second kappa shape index (κ2) is 5.80. The summed E-state index contributed by atoms with van der Waals surface area (Å²) >= 11 is 1.31. The molecule has 0 radical (unpaired) electrons. The number of nitrogens with one attached hydrogen (secondary N) is 1. The monoisotopic (exact) mass is 318 g/mol. The maximum atomic E-state index is 12.3. The van der Waals surface area contributed by atoms with Crippen LogP contribution in [0.5, 0.6) is 0 Å². The van der Waals surface area contributed by atoms with Crippen molar-refractivity contribution in [3.63, 3.8) is 0 Å². The van der Waals surface area contributed by atoms with Crippen LogP contribution in [0.2, 0.25) is 0 Å². The Hall–Kier alpha value is -2.35. The molecule has 0 aliphatic heterocycles. The minimum atomic E-state index is -0.904. The van der Waals surface area contributed by atoms with Crippen molar-refractivity contribution in [2.75, 3.05) is 0 Å². The Morgan fingerprint density at radius 3 is 2.77 bits per heavy atom. The number of carbonyl (C=O) groups is 2. The van der Waals surface area contributed by atoms with Gasteiger partial charge in [0.1, 0.15) is 16.4 Å². The molecule has 1 aliphatic carbocycles. The Morgan fingerprint density at radius 1 is 1.36 bits per heavy atom. The fourth-order valence-electron chi connectivity index (χ4n) is 2.45. The molecule has 2 aromatic heterocycles. The number of carboxylic acids is 1. The highest BCUT2D eigenvalue weighted by Gasteiger charge is 2.40. The maximum Gasteiger partial charge on any atom is 0.305 e. The van der Waals surface area contributed by atoms with E-state index in [0.29, 0.717) is 23.5 Å². The number of rotatable bonds is 5. The number of hydrogen-bond donors (Lipinski definition) is 2. The number of amides is 1. The molecule has 1 saturated carbocycles. The van der Waals surface area contributed by atoms with E-state index in [1.807, 2.05) is 0 Å². The van der Waals surface area contributed by atoms with Crippen LogP contribution in [0.1, 0.15) is 36.2 Å². The van der Waals surface area contributed by atoms with E-state index in [9.17, 15) is 9.59 Å². The quantitative estimate of drug-likeness (QED) is 0.870. The second-order valence-electron chi connectivity index (χ2n) is 5.29. The van der Waals surface area contributed by atoms with Crippen molar-refractivity contribution in [2.45, 2.75) is 31.2 Å². The standard InChI is InChI=1S/C14H14N4O3S/c19-11(20)6-14(2-1-3-14)18-12(21)10-8-22-13(17-10)9-7-15-4-5-16-9/h4-5,7-8H,1-3,6H2,(H,18,21)(H,19,20). The third-order valence-corrected chi connectivity index (χ3v) is 4.56. The van der Waals surface area contributed by atoms with Crippen LogP contribution in [0.3, 0.4) is 0 Å². The van der Waals surface area contributed by atoms with Crippen LogP contribution in [0.15, 0.2) is 24.0 Å². The average molecular weight is 318 g/mol. The van der Waals surface area contributed by atoms with Crippen LogP contribution in [-0.4, -0.2) is 37.5 Å². The molecular weight excluding hydrogens is 304 g/mol. The smallest absolute Gasteiger partial charge is 0.305 e. The van der Waals surface area contributed by atoms with E-state index < -0.39 is 11.5 Å². The van der Waals surface area contributed by atoms with E-state index in [-0.39, 0.29) is 18.0 Å². The Morgan fingerprint density at radius 2 is 2.18 bits per heavy atom. The minimum absolute atomic E-state index is 0.0557. The summed E-state index contributed by atoms with van der Waals surface area (Å²) in [6.45, 7) is 0. The third kappa shape index (κ3) is 2.96. The summed E-state index contributed by atoms with van der Waals surface area (Å²) in [6.07, 6.45) is 6.95. The van der Waals surface area contributed by atoms with E-state index in [4.69, 9.17) is 5.11 Å². The van der Waals surface area contributed by atoms with Gasteiger partial charge in [0.2, 0.25) is 0 Å². The number of nitrogens with zero attached hydrogens (tertiary/aromatic N) is 3.